The van der Waals surface area contributed by atoms with Crippen LogP contribution in [0.15, 0.2) is 42.5 Å². The summed E-state index contributed by atoms with van der Waals surface area (Å²) in [7, 11) is 0. The standard InChI is InChI=1S/C21H24N2O3/c24-21(17-7-10-19-20(14-17)26-15-25-19)22-11-3-4-16-5-8-18(9-6-16)23-12-1-2-13-23/h5-10,14H,1-4,11-13,15H2,(H,22,24). The molecule has 1 N–H and O–H groups in total. The van der Waals surface area contributed by atoms with Crippen LogP contribution in [0.5, 0.6) is 11.5 Å². The fraction of sp³-hybridized carbons (Fsp3) is 0.381. The van der Waals surface area contributed by atoms with E-state index in [2.05, 4.69) is 34.5 Å². The predicted molar refractivity (Wildman–Crippen MR) is 101 cm³/mol. The highest BCUT2D eigenvalue weighted by molar-refractivity contribution is 5.94. The van der Waals surface area contributed by atoms with E-state index in [0.717, 1.165) is 12.8 Å². The number of fused-ring (bicyclic) bond motifs is 1. The fourth-order valence-corrected chi connectivity index (χ4v) is 3.48. The number of nitrogens with zero attached hydrogens (tertiary/aromatic N) is 1. The van der Waals surface area contributed by atoms with Gasteiger partial charge in [-0.1, -0.05) is 12.1 Å². The van der Waals surface area contributed by atoms with Crippen molar-refractivity contribution in [1.29, 1.82) is 0 Å². The maximum atomic E-state index is 12.2. The highest BCUT2D eigenvalue weighted by Gasteiger charge is 2.16. The lowest BCUT2D eigenvalue weighted by molar-refractivity contribution is 0.0952. The minimum absolute atomic E-state index is 0.0762. The van der Waals surface area contributed by atoms with E-state index in [1.54, 1.807) is 18.2 Å². The van der Waals surface area contributed by atoms with Crippen molar-refractivity contribution >= 4 is 11.6 Å². The van der Waals surface area contributed by atoms with Crippen LogP contribution in [-0.2, 0) is 6.42 Å². The Kier molecular flexibility index (Phi) is 4.95. The van der Waals surface area contributed by atoms with Gasteiger partial charge in [-0.25, -0.2) is 0 Å². The van der Waals surface area contributed by atoms with Crippen molar-refractivity contribution in [3.05, 3.63) is 53.6 Å². The third-order valence-electron chi connectivity index (χ3n) is 4.97. The average molecular weight is 352 g/mol. The van der Waals surface area contributed by atoms with Crippen LogP contribution in [0, 0.1) is 0 Å². The first-order valence-corrected chi connectivity index (χ1v) is 9.31. The Morgan fingerprint density at radius 1 is 1.00 bits per heavy atom. The molecule has 4 rings (SSSR count). The Morgan fingerprint density at radius 3 is 2.58 bits per heavy atom. The quantitative estimate of drug-likeness (QED) is 0.810. The Hall–Kier alpha value is -2.69. The molecule has 0 bridgehead atoms. The maximum absolute atomic E-state index is 12.2. The summed E-state index contributed by atoms with van der Waals surface area (Å²) in [6.07, 6.45) is 4.47. The first-order valence-electron chi connectivity index (χ1n) is 9.31. The van der Waals surface area contributed by atoms with Crippen LogP contribution >= 0.6 is 0 Å². The Labute approximate surface area is 153 Å². The molecule has 2 aliphatic rings. The number of rotatable bonds is 6. The number of aryl methyl sites for hydroxylation is 1. The number of carbonyl (C=O) groups excluding carboxylic acids is 1. The van der Waals surface area contributed by atoms with Crippen LogP contribution in [-0.4, -0.2) is 32.3 Å². The number of anilines is 1. The minimum Gasteiger partial charge on any atom is -0.454 e. The van der Waals surface area contributed by atoms with Crippen molar-refractivity contribution in [2.45, 2.75) is 25.7 Å². The second kappa shape index (κ2) is 7.68. The Balaban J connectivity index is 1.23. The predicted octanol–water partition coefficient (Wildman–Crippen LogP) is 3.38. The highest BCUT2D eigenvalue weighted by atomic mass is 16.7. The van der Waals surface area contributed by atoms with E-state index in [9.17, 15) is 4.79 Å². The third kappa shape index (κ3) is 3.77. The molecule has 26 heavy (non-hydrogen) atoms. The number of ether oxygens (including phenoxy) is 2. The summed E-state index contributed by atoms with van der Waals surface area (Å²) in [5, 5.41) is 2.97. The molecule has 2 aliphatic heterocycles. The minimum atomic E-state index is -0.0762. The number of hydrogen-bond donors (Lipinski definition) is 1. The van der Waals surface area contributed by atoms with E-state index in [0.29, 0.717) is 23.6 Å². The molecule has 0 unspecified atom stereocenters. The molecular formula is C21H24N2O3. The summed E-state index contributed by atoms with van der Waals surface area (Å²) >= 11 is 0. The molecule has 0 radical (unpaired) electrons. The van der Waals surface area contributed by atoms with E-state index in [1.807, 2.05) is 0 Å². The van der Waals surface area contributed by atoms with Gasteiger partial charge in [-0.05, 0) is 61.6 Å². The first kappa shape index (κ1) is 16.8. The van der Waals surface area contributed by atoms with Crippen molar-refractivity contribution in [1.82, 2.24) is 5.32 Å². The monoisotopic (exact) mass is 352 g/mol. The molecule has 2 aromatic carbocycles. The maximum Gasteiger partial charge on any atom is 0.251 e. The van der Waals surface area contributed by atoms with Gasteiger partial charge in [0.2, 0.25) is 6.79 Å². The van der Waals surface area contributed by atoms with Crippen LogP contribution in [0.3, 0.4) is 0 Å². The van der Waals surface area contributed by atoms with E-state index < -0.39 is 0 Å². The SMILES string of the molecule is O=C(NCCCc1ccc(N2CCCC2)cc1)c1ccc2c(c1)OCO2. The molecule has 0 saturated carbocycles. The number of nitrogens with one attached hydrogen (secondary N) is 1. The molecule has 0 spiro atoms. The summed E-state index contributed by atoms with van der Waals surface area (Å²) in [6, 6.07) is 14.1. The van der Waals surface area contributed by atoms with Gasteiger partial charge < -0.3 is 19.7 Å². The molecule has 136 valence electrons. The second-order valence-corrected chi connectivity index (χ2v) is 6.79. The molecule has 2 heterocycles. The van der Waals surface area contributed by atoms with E-state index in [1.165, 1.54) is 37.2 Å². The van der Waals surface area contributed by atoms with Gasteiger partial charge in [0, 0.05) is 30.9 Å². The number of amides is 1. The topological polar surface area (TPSA) is 50.8 Å². The lowest BCUT2D eigenvalue weighted by Crippen LogP contribution is -2.24. The second-order valence-electron chi connectivity index (χ2n) is 6.79. The van der Waals surface area contributed by atoms with Gasteiger partial charge >= 0.3 is 0 Å². The van der Waals surface area contributed by atoms with E-state index >= 15 is 0 Å². The van der Waals surface area contributed by atoms with Gasteiger partial charge in [-0.15, -0.1) is 0 Å². The summed E-state index contributed by atoms with van der Waals surface area (Å²) < 4.78 is 10.6. The van der Waals surface area contributed by atoms with Crippen molar-refractivity contribution in [2.75, 3.05) is 31.3 Å². The summed E-state index contributed by atoms with van der Waals surface area (Å²) in [5.41, 5.74) is 3.23. The van der Waals surface area contributed by atoms with Gasteiger partial charge in [-0.2, -0.15) is 0 Å². The van der Waals surface area contributed by atoms with Crippen molar-refractivity contribution in [3.63, 3.8) is 0 Å². The van der Waals surface area contributed by atoms with Gasteiger partial charge in [0.15, 0.2) is 11.5 Å². The van der Waals surface area contributed by atoms with E-state index in [4.69, 9.17) is 9.47 Å². The molecule has 0 atom stereocenters. The molecule has 1 amide bonds. The lowest BCUT2D eigenvalue weighted by atomic mass is 10.1. The molecule has 1 fully saturated rings. The number of hydrogen-bond acceptors (Lipinski definition) is 4. The van der Waals surface area contributed by atoms with Gasteiger partial charge in [0.05, 0.1) is 0 Å². The fourth-order valence-electron chi connectivity index (χ4n) is 3.48. The summed E-state index contributed by atoms with van der Waals surface area (Å²) in [6.45, 7) is 3.22. The Morgan fingerprint density at radius 2 is 1.77 bits per heavy atom. The first-order chi connectivity index (χ1) is 12.8. The average Bonchev–Trinajstić information content (AvgIpc) is 3.36. The molecular weight excluding hydrogens is 328 g/mol. The zero-order valence-corrected chi connectivity index (χ0v) is 14.9. The van der Waals surface area contributed by atoms with Crippen molar-refractivity contribution < 1.29 is 14.3 Å². The molecule has 0 aliphatic carbocycles. The lowest BCUT2D eigenvalue weighted by Gasteiger charge is -2.17. The largest absolute Gasteiger partial charge is 0.454 e. The van der Waals surface area contributed by atoms with Crippen LogP contribution in [0.2, 0.25) is 0 Å². The number of carbonyl (C=O) groups is 1. The van der Waals surface area contributed by atoms with Gasteiger partial charge in [0.25, 0.3) is 5.91 Å². The third-order valence-corrected chi connectivity index (χ3v) is 4.97. The zero-order chi connectivity index (χ0) is 17.8. The summed E-state index contributed by atoms with van der Waals surface area (Å²) in [5.74, 6) is 1.25. The van der Waals surface area contributed by atoms with Crippen molar-refractivity contribution in [2.24, 2.45) is 0 Å². The van der Waals surface area contributed by atoms with Crippen LogP contribution < -0.4 is 19.7 Å². The van der Waals surface area contributed by atoms with Crippen LogP contribution in [0.4, 0.5) is 5.69 Å². The van der Waals surface area contributed by atoms with Crippen molar-refractivity contribution in [3.8, 4) is 11.5 Å². The molecule has 1 saturated heterocycles. The Bertz CT molecular complexity index is 767. The highest BCUT2D eigenvalue weighted by Crippen LogP contribution is 2.32. The normalized spacial score (nSPS) is 15.3. The molecule has 0 aromatic heterocycles. The summed E-state index contributed by atoms with van der Waals surface area (Å²) in [4.78, 5) is 14.7. The van der Waals surface area contributed by atoms with Crippen LogP contribution in [0.25, 0.3) is 0 Å². The molecule has 2 aromatic rings. The zero-order valence-electron chi connectivity index (χ0n) is 14.9. The number of benzene rings is 2. The van der Waals surface area contributed by atoms with Gasteiger partial charge in [0.1, 0.15) is 0 Å². The molecule has 5 heteroatoms. The van der Waals surface area contributed by atoms with Gasteiger partial charge in [-0.3, -0.25) is 4.79 Å². The van der Waals surface area contributed by atoms with Crippen LogP contribution in [0.1, 0.15) is 35.2 Å². The smallest absolute Gasteiger partial charge is 0.251 e. The molecule has 5 nitrogen and oxygen atoms in total. The van der Waals surface area contributed by atoms with E-state index in [-0.39, 0.29) is 12.7 Å².